The molecule has 8 N–H and O–H groups in total. The number of hydrogen-bond acceptors (Lipinski definition) is 7. The number of fused-ring (bicyclic) bond motifs is 2. The lowest BCUT2D eigenvalue weighted by Gasteiger charge is -2.24. The van der Waals surface area contributed by atoms with Gasteiger partial charge in [-0.2, -0.15) is 0 Å². The van der Waals surface area contributed by atoms with Crippen molar-refractivity contribution in [1.82, 2.24) is 0 Å². The monoisotopic (exact) mass is 376 g/mol. The van der Waals surface area contributed by atoms with Crippen molar-refractivity contribution in [3.63, 3.8) is 0 Å². The molecule has 0 fully saturated rings. The Labute approximate surface area is 139 Å². The maximum atomic E-state index is 12.9. The lowest BCUT2D eigenvalue weighted by molar-refractivity contribution is 0.0981. The fraction of sp³-hybridized carbons (Fsp3) is 0.0667. The number of carbonyl (C=O) groups is 2. The molecule has 0 atom stereocenters. The number of rotatable bonds is 1. The average molecular weight is 377 g/mol. The minimum atomic E-state index is -0.511. The van der Waals surface area contributed by atoms with E-state index in [2.05, 4.69) is 15.9 Å². The Kier molecular flexibility index (Phi) is 3.22. The molecular formula is C15H13BrN4O3. The summed E-state index contributed by atoms with van der Waals surface area (Å²) in [6.07, 6.45) is 0. The van der Waals surface area contributed by atoms with Crippen LogP contribution in [0.2, 0.25) is 0 Å². The molecule has 7 nitrogen and oxygen atoms in total. The van der Waals surface area contributed by atoms with Gasteiger partial charge in [0, 0.05) is 21.9 Å². The molecular weight excluding hydrogens is 364 g/mol. The summed E-state index contributed by atoms with van der Waals surface area (Å²) in [6, 6.07) is 2.89. The van der Waals surface area contributed by atoms with Gasteiger partial charge in [-0.1, -0.05) is 0 Å². The smallest absolute Gasteiger partial charge is 0.199 e. The summed E-state index contributed by atoms with van der Waals surface area (Å²) in [5, 5.41) is 0. The average Bonchev–Trinajstić information content (AvgIpc) is 2.50. The third-order valence-electron chi connectivity index (χ3n) is 3.84. The molecule has 2 aromatic rings. The van der Waals surface area contributed by atoms with Crippen LogP contribution in [-0.2, 0) is 0 Å². The molecule has 2 aromatic carbocycles. The van der Waals surface area contributed by atoms with Gasteiger partial charge in [0.25, 0.3) is 0 Å². The van der Waals surface area contributed by atoms with Crippen molar-refractivity contribution in [3.8, 4) is 5.75 Å². The highest BCUT2D eigenvalue weighted by Gasteiger charge is 2.37. The van der Waals surface area contributed by atoms with E-state index in [1.165, 1.54) is 19.2 Å². The van der Waals surface area contributed by atoms with E-state index in [1.54, 1.807) is 0 Å². The van der Waals surface area contributed by atoms with Crippen molar-refractivity contribution < 1.29 is 14.3 Å². The van der Waals surface area contributed by atoms with E-state index in [4.69, 9.17) is 27.7 Å². The zero-order valence-electron chi connectivity index (χ0n) is 12.1. The quantitative estimate of drug-likeness (QED) is 0.471. The number of benzene rings is 2. The van der Waals surface area contributed by atoms with Gasteiger partial charge in [-0.15, -0.1) is 0 Å². The Morgan fingerprint density at radius 2 is 1.30 bits per heavy atom. The van der Waals surface area contributed by atoms with E-state index in [-0.39, 0.29) is 50.8 Å². The van der Waals surface area contributed by atoms with Gasteiger partial charge in [0.2, 0.25) is 0 Å². The van der Waals surface area contributed by atoms with Crippen LogP contribution in [0.25, 0.3) is 0 Å². The van der Waals surface area contributed by atoms with Gasteiger partial charge in [0.15, 0.2) is 11.6 Å². The Morgan fingerprint density at radius 3 is 1.87 bits per heavy atom. The number of nitrogen functional groups attached to an aromatic ring is 4. The molecule has 0 aromatic heterocycles. The number of methoxy groups -OCH3 is 1. The predicted octanol–water partition coefficient (Wildman–Crippen LogP) is 1.56. The molecule has 0 saturated carbocycles. The normalized spacial score (nSPS) is 12.8. The van der Waals surface area contributed by atoms with Crippen LogP contribution in [-0.4, -0.2) is 18.7 Å². The highest BCUT2D eigenvalue weighted by molar-refractivity contribution is 9.10. The molecule has 118 valence electrons. The number of carbonyl (C=O) groups excluding carboxylic acids is 2. The maximum Gasteiger partial charge on any atom is 0.199 e. The fourth-order valence-corrected chi connectivity index (χ4v) is 3.20. The predicted molar refractivity (Wildman–Crippen MR) is 91.7 cm³/mol. The van der Waals surface area contributed by atoms with E-state index in [0.29, 0.717) is 4.47 Å². The van der Waals surface area contributed by atoms with Crippen molar-refractivity contribution in [2.24, 2.45) is 0 Å². The molecule has 1 aliphatic carbocycles. The van der Waals surface area contributed by atoms with Crippen LogP contribution in [0, 0.1) is 0 Å². The fourth-order valence-electron chi connectivity index (χ4n) is 2.76. The van der Waals surface area contributed by atoms with E-state index >= 15 is 0 Å². The van der Waals surface area contributed by atoms with Gasteiger partial charge in [-0.3, -0.25) is 9.59 Å². The Balaban J connectivity index is 2.46. The van der Waals surface area contributed by atoms with Crippen molar-refractivity contribution in [2.45, 2.75) is 0 Å². The summed E-state index contributed by atoms with van der Waals surface area (Å²) >= 11 is 3.22. The Bertz CT molecular complexity index is 909. The minimum Gasteiger partial charge on any atom is -0.494 e. The Morgan fingerprint density at radius 1 is 0.826 bits per heavy atom. The molecule has 0 saturated heterocycles. The first-order chi connectivity index (χ1) is 10.8. The van der Waals surface area contributed by atoms with E-state index in [0.717, 1.165) is 0 Å². The molecule has 23 heavy (non-hydrogen) atoms. The first-order valence-corrected chi connectivity index (χ1v) is 7.31. The molecule has 8 heteroatoms. The number of nitrogens with two attached hydrogens (primary N) is 4. The molecule has 0 aliphatic heterocycles. The van der Waals surface area contributed by atoms with Crippen LogP contribution in [0.1, 0.15) is 31.8 Å². The maximum absolute atomic E-state index is 12.9. The second kappa shape index (κ2) is 4.88. The number of ketones is 2. The van der Waals surface area contributed by atoms with Gasteiger partial charge in [0.1, 0.15) is 5.75 Å². The summed E-state index contributed by atoms with van der Waals surface area (Å²) < 4.78 is 5.53. The standard InChI is InChI=1S/C15H13BrN4O3/c1-23-7-3-6(18)9-11(13(7)20)15(22)10-8(14(9)21)5(17)2-4(16)12(10)19/h2-3H,17-20H2,1H3. The topological polar surface area (TPSA) is 147 Å². The summed E-state index contributed by atoms with van der Waals surface area (Å²) in [5.74, 6) is -0.784. The summed E-state index contributed by atoms with van der Waals surface area (Å²) in [5.41, 5.74) is 24.2. The van der Waals surface area contributed by atoms with Crippen LogP contribution in [0.3, 0.4) is 0 Å². The second-order valence-electron chi connectivity index (χ2n) is 5.10. The first-order valence-electron chi connectivity index (χ1n) is 6.52. The van der Waals surface area contributed by atoms with Gasteiger partial charge in [0.05, 0.1) is 40.7 Å². The van der Waals surface area contributed by atoms with Crippen LogP contribution < -0.4 is 27.7 Å². The highest BCUT2D eigenvalue weighted by atomic mass is 79.9. The number of hydrogen-bond donors (Lipinski definition) is 4. The molecule has 1 aliphatic rings. The first kappa shape index (κ1) is 15.2. The van der Waals surface area contributed by atoms with Gasteiger partial charge >= 0.3 is 0 Å². The minimum absolute atomic E-state index is 0.0106. The van der Waals surface area contributed by atoms with E-state index in [1.807, 2.05) is 0 Å². The number of halogens is 1. The van der Waals surface area contributed by atoms with Crippen molar-refractivity contribution in [1.29, 1.82) is 0 Å². The molecule has 0 heterocycles. The van der Waals surface area contributed by atoms with Gasteiger partial charge in [-0.25, -0.2) is 0 Å². The third-order valence-corrected chi connectivity index (χ3v) is 4.49. The number of ether oxygens (including phenoxy) is 1. The number of anilines is 4. The molecule has 0 spiro atoms. The van der Waals surface area contributed by atoms with E-state index in [9.17, 15) is 9.59 Å². The second-order valence-corrected chi connectivity index (χ2v) is 5.96. The van der Waals surface area contributed by atoms with Crippen LogP contribution in [0.4, 0.5) is 22.7 Å². The summed E-state index contributed by atoms with van der Waals surface area (Å²) in [7, 11) is 1.39. The Hall–Kier alpha value is -2.74. The summed E-state index contributed by atoms with van der Waals surface area (Å²) in [6.45, 7) is 0. The van der Waals surface area contributed by atoms with Crippen molar-refractivity contribution in [2.75, 3.05) is 30.0 Å². The van der Waals surface area contributed by atoms with Crippen LogP contribution >= 0.6 is 15.9 Å². The SMILES string of the molecule is COc1cc(N)c2c(c1N)C(=O)c1c(N)c(Br)cc(N)c1C2=O. The highest BCUT2D eigenvalue weighted by Crippen LogP contribution is 2.43. The molecule has 0 amide bonds. The van der Waals surface area contributed by atoms with E-state index < -0.39 is 11.6 Å². The van der Waals surface area contributed by atoms with Crippen molar-refractivity contribution >= 4 is 50.2 Å². The molecule has 3 rings (SSSR count). The molecule has 0 unspecified atom stereocenters. The van der Waals surface area contributed by atoms with Gasteiger partial charge < -0.3 is 27.7 Å². The lowest BCUT2D eigenvalue weighted by atomic mass is 9.80. The summed E-state index contributed by atoms with van der Waals surface area (Å²) in [4.78, 5) is 25.8. The van der Waals surface area contributed by atoms with Gasteiger partial charge in [-0.05, 0) is 22.0 Å². The van der Waals surface area contributed by atoms with Crippen LogP contribution in [0.5, 0.6) is 5.75 Å². The molecule has 0 bridgehead atoms. The zero-order chi connectivity index (χ0) is 17.0. The lowest BCUT2D eigenvalue weighted by Crippen LogP contribution is -2.26. The third kappa shape index (κ3) is 1.88. The van der Waals surface area contributed by atoms with Crippen LogP contribution in [0.15, 0.2) is 16.6 Å². The largest absolute Gasteiger partial charge is 0.494 e. The zero-order valence-corrected chi connectivity index (χ0v) is 13.7. The van der Waals surface area contributed by atoms with Crippen molar-refractivity contribution in [3.05, 3.63) is 38.9 Å². The molecule has 0 radical (unpaired) electrons.